The number of carbonyl (C=O) groups excluding carboxylic acids is 1. The lowest BCUT2D eigenvalue weighted by molar-refractivity contribution is 0.00692. The normalized spacial score (nSPS) is 20.0. The molecule has 0 radical (unpaired) electrons. The van der Waals surface area contributed by atoms with Crippen molar-refractivity contribution in [3.63, 3.8) is 0 Å². The minimum atomic E-state index is -0.0155. The first-order chi connectivity index (χ1) is 12.1. The molecule has 0 aliphatic carbocycles. The van der Waals surface area contributed by atoms with E-state index >= 15 is 0 Å². The molecule has 2 aliphatic heterocycles. The molecule has 0 aromatic carbocycles. The van der Waals surface area contributed by atoms with E-state index in [0.29, 0.717) is 5.69 Å². The Hall–Kier alpha value is -1.73. The Kier molecular flexibility index (Phi) is 4.37. The number of likely N-dealkylation sites (tertiary alicyclic amines) is 1. The van der Waals surface area contributed by atoms with Gasteiger partial charge in [0, 0.05) is 37.1 Å². The second kappa shape index (κ2) is 6.53. The van der Waals surface area contributed by atoms with Gasteiger partial charge in [0.25, 0.3) is 5.91 Å². The first-order valence-corrected chi connectivity index (χ1v) is 10.0. The third-order valence-corrected chi connectivity index (χ3v) is 6.38. The number of H-pyrrole nitrogens is 1. The summed E-state index contributed by atoms with van der Waals surface area (Å²) in [6.45, 7) is 7.87. The third-order valence-electron chi connectivity index (χ3n) is 5.61. The zero-order chi connectivity index (χ0) is 17.4. The molecule has 0 atom stereocenters. The maximum atomic E-state index is 12.7. The summed E-state index contributed by atoms with van der Waals surface area (Å²) < 4.78 is 0. The SMILES string of the molecule is CCCN1CCc2[nH]cnc2C12CCN(C(=O)c1csc(C)n1)CC2. The fourth-order valence-corrected chi connectivity index (χ4v) is 4.96. The van der Waals surface area contributed by atoms with Crippen molar-refractivity contribution in [2.75, 3.05) is 26.2 Å². The molecule has 134 valence electrons. The highest BCUT2D eigenvalue weighted by Gasteiger charge is 2.46. The van der Waals surface area contributed by atoms with Gasteiger partial charge in [-0.25, -0.2) is 9.97 Å². The summed E-state index contributed by atoms with van der Waals surface area (Å²) in [6.07, 6.45) is 5.90. The Morgan fingerprint density at radius 1 is 1.36 bits per heavy atom. The number of rotatable bonds is 3. The fourth-order valence-electron chi connectivity index (χ4n) is 4.38. The van der Waals surface area contributed by atoms with E-state index in [-0.39, 0.29) is 11.4 Å². The highest BCUT2D eigenvalue weighted by Crippen LogP contribution is 2.42. The van der Waals surface area contributed by atoms with Crippen LogP contribution in [0.25, 0.3) is 0 Å². The largest absolute Gasteiger partial charge is 0.348 e. The number of nitrogens with one attached hydrogen (secondary N) is 1. The molecule has 1 N–H and O–H groups in total. The van der Waals surface area contributed by atoms with Gasteiger partial charge in [0.1, 0.15) is 5.69 Å². The van der Waals surface area contributed by atoms with E-state index in [4.69, 9.17) is 0 Å². The average molecular weight is 359 g/mol. The first kappa shape index (κ1) is 16.7. The number of amides is 1. The predicted molar refractivity (Wildman–Crippen MR) is 97.8 cm³/mol. The molecule has 2 aromatic rings. The zero-order valence-corrected chi connectivity index (χ0v) is 15.7. The molecule has 1 fully saturated rings. The number of aromatic nitrogens is 3. The molecule has 4 heterocycles. The third kappa shape index (κ3) is 2.79. The summed E-state index contributed by atoms with van der Waals surface area (Å²) in [5, 5.41) is 2.82. The summed E-state index contributed by atoms with van der Waals surface area (Å²) in [6, 6.07) is 0. The summed E-state index contributed by atoms with van der Waals surface area (Å²) in [4.78, 5) is 29.7. The van der Waals surface area contributed by atoms with E-state index in [1.165, 1.54) is 22.7 Å². The Balaban J connectivity index is 1.55. The standard InChI is InChI=1S/C18H25N5OS/c1-3-7-23-8-4-14-16(20-12-19-14)18(23)5-9-22(10-6-18)17(24)15-11-25-13(2)21-15/h11-12H,3-10H2,1-2H3,(H,19,20). The van der Waals surface area contributed by atoms with Crippen LogP contribution < -0.4 is 0 Å². The van der Waals surface area contributed by atoms with Crippen molar-refractivity contribution < 1.29 is 4.79 Å². The minimum absolute atomic E-state index is 0.0155. The van der Waals surface area contributed by atoms with Gasteiger partial charge in [0.15, 0.2) is 0 Å². The molecular formula is C18H25N5OS. The van der Waals surface area contributed by atoms with Crippen LogP contribution in [0, 0.1) is 6.92 Å². The van der Waals surface area contributed by atoms with Crippen LogP contribution in [0.2, 0.25) is 0 Å². The molecule has 1 amide bonds. The van der Waals surface area contributed by atoms with E-state index in [1.807, 2.05) is 23.5 Å². The number of piperidine rings is 1. The van der Waals surface area contributed by atoms with Gasteiger partial charge in [-0.1, -0.05) is 6.92 Å². The van der Waals surface area contributed by atoms with Gasteiger partial charge in [-0.3, -0.25) is 9.69 Å². The van der Waals surface area contributed by atoms with Crippen molar-refractivity contribution in [1.29, 1.82) is 0 Å². The van der Waals surface area contributed by atoms with Gasteiger partial charge in [-0.2, -0.15) is 0 Å². The van der Waals surface area contributed by atoms with Crippen molar-refractivity contribution in [2.45, 2.75) is 45.1 Å². The van der Waals surface area contributed by atoms with Crippen LogP contribution in [0.1, 0.15) is 53.1 Å². The Morgan fingerprint density at radius 2 is 2.16 bits per heavy atom. The first-order valence-electron chi connectivity index (χ1n) is 9.13. The van der Waals surface area contributed by atoms with Gasteiger partial charge in [-0.05, 0) is 32.7 Å². The molecule has 25 heavy (non-hydrogen) atoms. The van der Waals surface area contributed by atoms with Crippen LogP contribution in [0.4, 0.5) is 0 Å². The van der Waals surface area contributed by atoms with Gasteiger partial charge >= 0.3 is 0 Å². The Morgan fingerprint density at radius 3 is 2.84 bits per heavy atom. The Labute approximate surface area is 152 Å². The summed E-state index contributed by atoms with van der Waals surface area (Å²) >= 11 is 1.54. The van der Waals surface area contributed by atoms with Crippen LogP contribution in [0.3, 0.4) is 0 Å². The highest BCUT2D eigenvalue weighted by atomic mass is 32.1. The summed E-state index contributed by atoms with van der Waals surface area (Å²) in [7, 11) is 0. The lowest BCUT2D eigenvalue weighted by Gasteiger charge is -2.50. The van der Waals surface area contributed by atoms with Crippen LogP contribution in [-0.4, -0.2) is 56.8 Å². The molecule has 1 spiro atoms. The quantitative estimate of drug-likeness (QED) is 0.915. The molecule has 1 saturated heterocycles. The van der Waals surface area contributed by atoms with Crippen molar-refractivity contribution in [1.82, 2.24) is 24.8 Å². The molecule has 0 saturated carbocycles. The maximum absolute atomic E-state index is 12.7. The van der Waals surface area contributed by atoms with Crippen molar-refractivity contribution in [3.8, 4) is 0 Å². The lowest BCUT2D eigenvalue weighted by Crippen LogP contribution is -2.57. The zero-order valence-electron chi connectivity index (χ0n) is 14.9. The van der Waals surface area contributed by atoms with Gasteiger partial charge in [-0.15, -0.1) is 11.3 Å². The van der Waals surface area contributed by atoms with Gasteiger partial charge < -0.3 is 9.88 Å². The second-order valence-electron chi connectivity index (χ2n) is 7.04. The summed E-state index contributed by atoms with van der Waals surface area (Å²) in [5.74, 6) is 0.0688. The number of hydrogen-bond donors (Lipinski definition) is 1. The number of carbonyl (C=O) groups is 1. The summed E-state index contributed by atoms with van der Waals surface area (Å²) in [5.41, 5.74) is 3.07. The number of aryl methyl sites for hydroxylation is 1. The molecule has 7 heteroatoms. The van der Waals surface area contributed by atoms with E-state index < -0.39 is 0 Å². The number of imidazole rings is 1. The second-order valence-corrected chi connectivity index (χ2v) is 8.10. The van der Waals surface area contributed by atoms with E-state index in [2.05, 4.69) is 26.8 Å². The highest BCUT2D eigenvalue weighted by molar-refractivity contribution is 7.09. The lowest BCUT2D eigenvalue weighted by atomic mass is 9.78. The fraction of sp³-hybridized carbons (Fsp3) is 0.611. The molecule has 0 unspecified atom stereocenters. The molecule has 0 bridgehead atoms. The van der Waals surface area contributed by atoms with E-state index in [1.54, 1.807) is 0 Å². The number of thiazole rings is 1. The smallest absolute Gasteiger partial charge is 0.273 e. The molecular weight excluding hydrogens is 334 g/mol. The Bertz CT molecular complexity index is 759. The monoisotopic (exact) mass is 359 g/mol. The van der Waals surface area contributed by atoms with Gasteiger partial charge in [0.2, 0.25) is 0 Å². The average Bonchev–Trinajstić information content (AvgIpc) is 3.27. The van der Waals surface area contributed by atoms with E-state index in [0.717, 1.165) is 56.9 Å². The van der Waals surface area contributed by atoms with Crippen molar-refractivity contribution in [2.24, 2.45) is 0 Å². The van der Waals surface area contributed by atoms with Gasteiger partial charge in [0.05, 0.1) is 22.6 Å². The molecule has 2 aromatic heterocycles. The topological polar surface area (TPSA) is 65.1 Å². The predicted octanol–water partition coefficient (Wildman–Crippen LogP) is 2.57. The number of nitrogens with zero attached hydrogens (tertiary/aromatic N) is 4. The molecule has 4 rings (SSSR count). The number of aromatic amines is 1. The van der Waals surface area contributed by atoms with Crippen molar-refractivity contribution in [3.05, 3.63) is 33.8 Å². The van der Waals surface area contributed by atoms with Crippen molar-refractivity contribution >= 4 is 17.2 Å². The number of fused-ring (bicyclic) bond motifs is 2. The molecule has 6 nitrogen and oxygen atoms in total. The van der Waals surface area contributed by atoms with Crippen LogP contribution in [0.15, 0.2) is 11.7 Å². The van der Waals surface area contributed by atoms with E-state index in [9.17, 15) is 4.79 Å². The van der Waals surface area contributed by atoms with Crippen LogP contribution >= 0.6 is 11.3 Å². The van der Waals surface area contributed by atoms with Crippen LogP contribution in [0.5, 0.6) is 0 Å². The van der Waals surface area contributed by atoms with Crippen LogP contribution in [-0.2, 0) is 12.0 Å². The minimum Gasteiger partial charge on any atom is -0.348 e. The maximum Gasteiger partial charge on any atom is 0.273 e. The molecule has 2 aliphatic rings. The number of hydrogen-bond acceptors (Lipinski definition) is 5.